The monoisotopic (exact) mass is 1270 g/mol. The second-order valence-corrected chi connectivity index (χ2v) is 28.4. The molecule has 0 amide bonds. The highest BCUT2D eigenvalue weighted by molar-refractivity contribution is 5.97. The Hall–Kier alpha value is -12.2. The second-order valence-electron chi connectivity index (χ2n) is 28.4. The van der Waals surface area contributed by atoms with Gasteiger partial charge in [-0.1, -0.05) is 318 Å². The van der Waals surface area contributed by atoms with Gasteiger partial charge in [0.15, 0.2) is 11.6 Å². The lowest BCUT2D eigenvalue weighted by Gasteiger charge is -2.48. The summed E-state index contributed by atoms with van der Waals surface area (Å²) in [5, 5.41) is 2.06. The van der Waals surface area contributed by atoms with E-state index in [1.807, 2.05) is 6.07 Å². The molecule has 470 valence electrons. The smallest absolute Gasteiger partial charge is 0.160 e. The number of hydrogen-bond donors (Lipinski definition) is 0. The van der Waals surface area contributed by atoms with Crippen LogP contribution in [-0.2, 0) is 28.1 Å². The van der Waals surface area contributed by atoms with Gasteiger partial charge in [-0.3, -0.25) is 0 Å². The van der Waals surface area contributed by atoms with Crippen molar-refractivity contribution < 1.29 is 0 Å². The van der Waals surface area contributed by atoms with Gasteiger partial charge in [-0.2, -0.15) is 0 Å². The van der Waals surface area contributed by atoms with Crippen LogP contribution in [0.2, 0.25) is 0 Å². The molecule has 2 spiro atoms. The first-order chi connectivity index (χ1) is 49.2. The third kappa shape index (κ3) is 8.22. The number of nitrogens with zero attached hydrogens (tertiary/aromatic N) is 4. The molecule has 2 aromatic heterocycles. The molecule has 4 heteroatoms. The van der Waals surface area contributed by atoms with Crippen LogP contribution in [0.3, 0.4) is 0 Å². The fraction of sp³-hybridized carbons (Fsp3) is 0.0833. The van der Waals surface area contributed by atoms with E-state index in [4.69, 9.17) is 19.9 Å². The Bertz CT molecular complexity index is 6040. The van der Waals surface area contributed by atoms with E-state index in [1.165, 1.54) is 94.6 Å². The van der Waals surface area contributed by atoms with Crippen molar-refractivity contribution in [3.05, 3.63) is 406 Å². The molecule has 0 saturated carbocycles. The van der Waals surface area contributed by atoms with Crippen LogP contribution in [0, 0.1) is 0 Å². The third-order valence-electron chi connectivity index (χ3n) is 22.9. The maximum Gasteiger partial charge on any atom is 0.160 e. The molecule has 0 aliphatic heterocycles. The molecule has 2 atom stereocenters. The van der Waals surface area contributed by atoms with Gasteiger partial charge < -0.3 is 0 Å². The summed E-state index contributed by atoms with van der Waals surface area (Å²) in [7, 11) is 0. The van der Waals surface area contributed by atoms with Crippen LogP contribution in [0.4, 0.5) is 0 Å². The van der Waals surface area contributed by atoms with Crippen LogP contribution >= 0.6 is 0 Å². The van der Waals surface area contributed by atoms with E-state index in [9.17, 15) is 0 Å². The van der Waals surface area contributed by atoms with Gasteiger partial charge in [-0.05, 0) is 160 Å². The largest absolute Gasteiger partial charge is 0.228 e. The van der Waals surface area contributed by atoms with Gasteiger partial charge in [-0.15, -0.1) is 0 Å². The van der Waals surface area contributed by atoms with Crippen molar-refractivity contribution in [2.75, 3.05) is 0 Å². The van der Waals surface area contributed by atoms with E-state index in [-0.39, 0.29) is 5.41 Å². The summed E-state index contributed by atoms with van der Waals surface area (Å²) >= 11 is 0. The van der Waals surface area contributed by atoms with E-state index in [0.29, 0.717) is 11.6 Å². The van der Waals surface area contributed by atoms with Gasteiger partial charge in [0, 0.05) is 43.9 Å². The molecule has 14 aromatic carbocycles. The highest BCUT2D eigenvalue weighted by atomic mass is 14.9. The third-order valence-corrected chi connectivity index (χ3v) is 22.9. The highest BCUT2D eigenvalue weighted by Gasteiger charge is 2.57. The Balaban J connectivity index is 0.760. The van der Waals surface area contributed by atoms with Crippen LogP contribution in [0.15, 0.2) is 334 Å². The summed E-state index contributed by atoms with van der Waals surface area (Å²) in [4.78, 5) is 21.0. The van der Waals surface area contributed by atoms with Gasteiger partial charge in [0.25, 0.3) is 0 Å². The van der Waals surface area contributed by atoms with Crippen LogP contribution < -0.4 is 0 Å². The van der Waals surface area contributed by atoms with Crippen LogP contribution in [0.5, 0.6) is 0 Å². The van der Waals surface area contributed by atoms with Crippen molar-refractivity contribution in [1.29, 1.82) is 0 Å². The lowest BCUT2D eigenvalue weighted by atomic mass is 9.53. The fourth-order valence-electron chi connectivity index (χ4n) is 18.5. The number of fused-ring (bicyclic) bond motifs is 20. The van der Waals surface area contributed by atoms with Gasteiger partial charge in [-0.25, -0.2) is 19.9 Å². The van der Waals surface area contributed by atoms with Gasteiger partial charge in [0.1, 0.15) is 0 Å². The zero-order chi connectivity index (χ0) is 66.5. The molecule has 20 rings (SSSR count). The van der Waals surface area contributed by atoms with Gasteiger partial charge >= 0.3 is 0 Å². The number of para-hydroxylation sites is 2. The predicted molar refractivity (Wildman–Crippen MR) is 409 cm³/mol. The quantitative estimate of drug-likeness (QED) is 0.152. The first-order valence-corrected chi connectivity index (χ1v) is 35.0. The van der Waals surface area contributed by atoms with Crippen molar-refractivity contribution in [2.24, 2.45) is 0 Å². The summed E-state index contributed by atoms with van der Waals surface area (Å²) < 4.78 is 0. The zero-order valence-corrected chi connectivity index (χ0v) is 55.8. The molecular formula is C96H66N4. The molecule has 0 N–H and O–H groups in total. The zero-order valence-electron chi connectivity index (χ0n) is 55.8. The molecule has 4 aliphatic carbocycles. The Kier molecular flexibility index (Phi) is 12.7. The molecule has 4 nitrogen and oxygen atoms in total. The molecule has 2 unspecified atom stereocenters. The van der Waals surface area contributed by atoms with Crippen molar-refractivity contribution in [2.45, 2.75) is 48.9 Å². The Morgan fingerprint density at radius 2 is 0.630 bits per heavy atom. The molecule has 0 saturated heterocycles. The van der Waals surface area contributed by atoms with Gasteiger partial charge in [0.2, 0.25) is 0 Å². The second kappa shape index (κ2) is 21.9. The average Bonchev–Trinajstić information content (AvgIpc) is 1.42. The molecule has 100 heavy (non-hydrogen) atoms. The summed E-state index contributed by atoms with van der Waals surface area (Å²) in [5.74, 6) is 1.42. The Morgan fingerprint density at radius 1 is 0.240 bits per heavy atom. The molecule has 16 aromatic rings. The lowest BCUT2D eigenvalue weighted by molar-refractivity contribution is 0.515. The van der Waals surface area contributed by atoms with Crippen molar-refractivity contribution in [3.8, 4) is 89.8 Å². The predicted octanol–water partition coefficient (Wildman–Crippen LogP) is 22.8. The van der Waals surface area contributed by atoms with Crippen LogP contribution in [0.1, 0.15) is 93.1 Å². The van der Waals surface area contributed by atoms with Crippen molar-refractivity contribution >= 4 is 21.8 Å². The van der Waals surface area contributed by atoms with Crippen molar-refractivity contribution in [3.63, 3.8) is 0 Å². The average molecular weight is 1280 g/mol. The topological polar surface area (TPSA) is 51.6 Å². The summed E-state index contributed by atoms with van der Waals surface area (Å²) in [6.07, 6.45) is 0.756. The minimum absolute atomic E-state index is 0.348. The molecule has 0 fully saturated rings. The molecule has 2 heterocycles. The van der Waals surface area contributed by atoms with E-state index in [1.54, 1.807) is 0 Å². The van der Waals surface area contributed by atoms with E-state index in [0.717, 1.165) is 84.1 Å². The van der Waals surface area contributed by atoms with E-state index < -0.39 is 16.2 Å². The Labute approximate surface area is 582 Å². The summed E-state index contributed by atoms with van der Waals surface area (Å²) in [5.41, 5.74) is 32.8. The summed E-state index contributed by atoms with van der Waals surface area (Å²) in [6.45, 7) is 7.41. The van der Waals surface area contributed by atoms with E-state index >= 15 is 0 Å². The molecule has 0 bridgehead atoms. The normalized spacial score (nSPS) is 16.6. The Morgan fingerprint density at radius 3 is 1.27 bits per heavy atom. The SMILES string of the molecule is CC1(C)c2ccccc2C2(c3ccccc3-c3c(CC4(C)c5ccccc5C5(c6ccccc6-c6ccccc65)c5cc(-c6cccc(-c7nc(-c8ccccc8)nc8ccccc78)c6)ccc54)cccc32)c2ccc(-c3cccc(-c4nc(-c5ccccc5)c5ccccc5n4)c3)cc21. The molecule has 4 aliphatic rings. The molecule has 0 radical (unpaired) electrons. The maximum atomic E-state index is 5.36. The van der Waals surface area contributed by atoms with E-state index in [2.05, 4.69) is 348 Å². The number of rotatable bonds is 8. The minimum Gasteiger partial charge on any atom is -0.228 e. The standard InChI is InChI=1S/C96H66N4/c1-93(2)77-44-18-20-46-80(77)96(82-54-52-64(57-84(82)93)63-32-25-34-67(56-63)92-98-86-49-22-13-39-72(86)89(99-92)60-27-6-4-7-28-60)76-43-17-12-38-71(76)88-68(35-26-48-83(88)96)59-94(3)78-45-19-21-47-81(78)95(74-41-15-10-36-69(74)70-37-11-16-42-75(70)95)85-58-65(51-53-79(85)94)62-31-24-33-66(55-62)90-73-40-14-23-50-87(73)97-91(100-90)61-29-8-5-9-30-61/h4-58H,59H2,1-3H3. The van der Waals surface area contributed by atoms with Crippen molar-refractivity contribution in [1.82, 2.24) is 19.9 Å². The first kappa shape index (κ1) is 58.0. The lowest BCUT2D eigenvalue weighted by Crippen LogP contribution is -2.43. The highest BCUT2D eigenvalue weighted by Crippen LogP contribution is 2.66. The number of aromatic nitrogens is 4. The maximum absolute atomic E-state index is 5.36. The van der Waals surface area contributed by atoms with Crippen LogP contribution in [-0.4, -0.2) is 19.9 Å². The summed E-state index contributed by atoms with van der Waals surface area (Å²) in [6, 6.07) is 124. The van der Waals surface area contributed by atoms with Gasteiger partial charge in [0.05, 0.1) is 33.3 Å². The van der Waals surface area contributed by atoms with Crippen LogP contribution in [0.25, 0.3) is 112 Å². The first-order valence-electron chi connectivity index (χ1n) is 35.0. The minimum atomic E-state index is -0.619. The fourth-order valence-corrected chi connectivity index (χ4v) is 18.5. The number of hydrogen-bond acceptors (Lipinski definition) is 4. The molecular weight excluding hydrogens is 1210 g/mol. The number of benzene rings is 14.